The quantitative estimate of drug-likeness (QED) is 0.899. The van der Waals surface area contributed by atoms with Gasteiger partial charge in [-0.05, 0) is 44.9 Å². The molecule has 1 aromatic rings. The highest BCUT2D eigenvalue weighted by Gasteiger charge is 2.32. The summed E-state index contributed by atoms with van der Waals surface area (Å²) in [5, 5.41) is 2.64. The molecule has 1 amide bonds. The number of piperidine rings is 1. The minimum atomic E-state index is -3.50. The molecule has 5 nitrogen and oxygen atoms in total. The van der Waals surface area contributed by atoms with Crippen LogP contribution in [0.1, 0.15) is 33.1 Å². The summed E-state index contributed by atoms with van der Waals surface area (Å²) in [4.78, 5) is 13.0. The molecular formula is C15H20N2O3S2. The summed E-state index contributed by atoms with van der Waals surface area (Å²) in [6.45, 7) is 4.36. The molecule has 0 radical (unpaired) electrons. The summed E-state index contributed by atoms with van der Waals surface area (Å²) in [5.74, 6) is -0.0848. The van der Waals surface area contributed by atoms with E-state index in [9.17, 15) is 13.2 Å². The molecule has 1 fully saturated rings. The molecule has 0 bridgehead atoms. The van der Waals surface area contributed by atoms with Crippen molar-refractivity contribution >= 4 is 33.4 Å². The Bertz CT molecular complexity index is 703. The molecule has 22 heavy (non-hydrogen) atoms. The Balaban J connectivity index is 1.95. The van der Waals surface area contributed by atoms with Crippen molar-refractivity contribution in [1.82, 2.24) is 4.31 Å². The second-order valence-corrected chi connectivity index (χ2v) is 9.14. The Hall–Kier alpha value is -1.05. The SMILES string of the molecule is CC1Sc2ccc(S(=O)(=O)N3CCCCC3C)cc2NC1=O. The van der Waals surface area contributed by atoms with Crippen molar-refractivity contribution < 1.29 is 13.2 Å². The molecule has 1 N–H and O–H groups in total. The average Bonchev–Trinajstić information content (AvgIpc) is 2.48. The first-order valence-electron chi connectivity index (χ1n) is 7.53. The molecule has 2 aliphatic rings. The van der Waals surface area contributed by atoms with Crippen LogP contribution in [0.2, 0.25) is 0 Å². The Labute approximate surface area is 135 Å². The van der Waals surface area contributed by atoms with E-state index in [-0.39, 0.29) is 22.1 Å². The Morgan fingerprint density at radius 2 is 2.05 bits per heavy atom. The Kier molecular flexibility index (Phi) is 4.22. The van der Waals surface area contributed by atoms with Crippen molar-refractivity contribution in [2.75, 3.05) is 11.9 Å². The van der Waals surface area contributed by atoms with Crippen LogP contribution in [0.3, 0.4) is 0 Å². The van der Waals surface area contributed by atoms with Crippen LogP contribution in [0.5, 0.6) is 0 Å². The third-order valence-electron chi connectivity index (χ3n) is 4.23. The van der Waals surface area contributed by atoms with Gasteiger partial charge in [0.2, 0.25) is 15.9 Å². The number of rotatable bonds is 2. The van der Waals surface area contributed by atoms with Gasteiger partial charge in [0.25, 0.3) is 0 Å². The van der Waals surface area contributed by atoms with Crippen LogP contribution < -0.4 is 5.32 Å². The highest BCUT2D eigenvalue weighted by molar-refractivity contribution is 8.01. The minimum Gasteiger partial charge on any atom is -0.324 e. The van der Waals surface area contributed by atoms with Gasteiger partial charge in [0, 0.05) is 17.5 Å². The van der Waals surface area contributed by atoms with Crippen LogP contribution in [0.15, 0.2) is 28.0 Å². The van der Waals surface area contributed by atoms with Crippen LogP contribution in [0.4, 0.5) is 5.69 Å². The van der Waals surface area contributed by atoms with Gasteiger partial charge in [-0.25, -0.2) is 8.42 Å². The number of thioether (sulfide) groups is 1. The number of amides is 1. The summed E-state index contributed by atoms with van der Waals surface area (Å²) in [5.41, 5.74) is 0.596. The summed E-state index contributed by atoms with van der Waals surface area (Å²) in [6, 6.07) is 5.05. The fourth-order valence-corrected chi connectivity index (χ4v) is 5.57. The summed E-state index contributed by atoms with van der Waals surface area (Å²) < 4.78 is 27.3. The third kappa shape index (κ3) is 2.77. The van der Waals surface area contributed by atoms with Gasteiger partial charge in [0.1, 0.15) is 0 Å². The van der Waals surface area contributed by atoms with Crippen LogP contribution in [-0.2, 0) is 14.8 Å². The molecule has 1 saturated heterocycles. The van der Waals surface area contributed by atoms with Gasteiger partial charge in [-0.15, -0.1) is 11.8 Å². The zero-order valence-corrected chi connectivity index (χ0v) is 14.3. The van der Waals surface area contributed by atoms with Gasteiger partial charge in [0.05, 0.1) is 15.8 Å². The lowest BCUT2D eigenvalue weighted by Gasteiger charge is -2.32. The number of fused-ring (bicyclic) bond motifs is 1. The molecule has 2 aliphatic heterocycles. The van der Waals surface area contributed by atoms with Gasteiger partial charge in [0.15, 0.2) is 0 Å². The van der Waals surface area contributed by atoms with E-state index in [1.807, 2.05) is 13.8 Å². The second-order valence-electron chi connectivity index (χ2n) is 5.87. The highest BCUT2D eigenvalue weighted by Crippen LogP contribution is 2.37. The average molecular weight is 340 g/mol. The van der Waals surface area contributed by atoms with E-state index in [4.69, 9.17) is 0 Å². The summed E-state index contributed by atoms with van der Waals surface area (Å²) in [6.07, 6.45) is 2.87. The minimum absolute atomic E-state index is 0.0266. The number of sulfonamides is 1. The number of nitrogens with one attached hydrogen (secondary N) is 1. The number of nitrogens with zero attached hydrogens (tertiary/aromatic N) is 1. The van der Waals surface area contributed by atoms with Gasteiger partial charge in [-0.3, -0.25) is 4.79 Å². The molecule has 0 spiro atoms. The van der Waals surface area contributed by atoms with Gasteiger partial charge >= 0.3 is 0 Å². The van der Waals surface area contributed by atoms with Crippen molar-refractivity contribution in [2.45, 2.75) is 54.2 Å². The molecule has 120 valence electrons. The zero-order valence-electron chi connectivity index (χ0n) is 12.7. The van der Waals surface area contributed by atoms with Crippen LogP contribution in [0.25, 0.3) is 0 Å². The Morgan fingerprint density at radius 3 is 2.77 bits per heavy atom. The summed E-state index contributed by atoms with van der Waals surface area (Å²) >= 11 is 1.45. The Morgan fingerprint density at radius 1 is 1.27 bits per heavy atom. The topological polar surface area (TPSA) is 66.5 Å². The maximum Gasteiger partial charge on any atom is 0.243 e. The molecule has 2 heterocycles. The molecule has 3 rings (SSSR count). The van der Waals surface area contributed by atoms with Crippen LogP contribution in [-0.4, -0.2) is 36.5 Å². The maximum atomic E-state index is 12.8. The number of hydrogen-bond acceptors (Lipinski definition) is 4. The smallest absolute Gasteiger partial charge is 0.243 e. The van der Waals surface area contributed by atoms with Gasteiger partial charge in [-0.2, -0.15) is 4.31 Å². The lowest BCUT2D eigenvalue weighted by atomic mass is 10.1. The first kappa shape index (κ1) is 15.8. The zero-order chi connectivity index (χ0) is 15.9. The molecule has 2 unspecified atom stereocenters. The van der Waals surface area contributed by atoms with Crippen molar-refractivity contribution in [3.05, 3.63) is 18.2 Å². The van der Waals surface area contributed by atoms with Crippen molar-refractivity contribution in [1.29, 1.82) is 0 Å². The van der Waals surface area contributed by atoms with E-state index in [1.54, 1.807) is 22.5 Å². The molecule has 2 atom stereocenters. The maximum absolute atomic E-state index is 12.8. The standard InChI is InChI=1S/C15H20N2O3S2/c1-10-5-3-4-8-17(10)22(19,20)12-6-7-14-13(9-12)16-15(18)11(2)21-14/h6-7,9-11H,3-5,8H2,1-2H3,(H,16,18). The second kappa shape index (κ2) is 5.86. The van der Waals surface area contributed by atoms with Crippen LogP contribution in [0, 0.1) is 0 Å². The molecule has 7 heteroatoms. The number of carbonyl (C=O) groups is 1. The largest absolute Gasteiger partial charge is 0.324 e. The lowest BCUT2D eigenvalue weighted by molar-refractivity contribution is -0.115. The van der Waals surface area contributed by atoms with E-state index >= 15 is 0 Å². The molecule has 0 aliphatic carbocycles. The normalized spacial score (nSPS) is 26.4. The van der Waals surface area contributed by atoms with E-state index in [0.717, 1.165) is 24.2 Å². The van der Waals surface area contributed by atoms with Crippen molar-refractivity contribution in [3.63, 3.8) is 0 Å². The van der Waals surface area contributed by atoms with Crippen molar-refractivity contribution in [3.8, 4) is 0 Å². The number of hydrogen-bond donors (Lipinski definition) is 1. The van der Waals surface area contributed by atoms with E-state index in [2.05, 4.69) is 5.32 Å². The molecule has 0 saturated carbocycles. The monoisotopic (exact) mass is 340 g/mol. The van der Waals surface area contributed by atoms with E-state index in [1.165, 1.54) is 11.8 Å². The first-order valence-corrected chi connectivity index (χ1v) is 9.85. The molecular weight excluding hydrogens is 320 g/mol. The fraction of sp³-hybridized carbons (Fsp3) is 0.533. The van der Waals surface area contributed by atoms with Gasteiger partial charge < -0.3 is 5.32 Å². The first-order chi connectivity index (χ1) is 10.4. The lowest BCUT2D eigenvalue weighted by Crippen LogP contribution is -2.42. The van der Waals surface area contributed by atoms with Gasteiger partial charge in [-0.1, -0.05) is 6.42 Å². The summed E-state index contributed by atoms with van der Waals surface area (Å²) in [7, 11) is -3.50. The predicted molar refractivity (Wildman–Crippen MR) is 87.6 cm³/mol. The number of benzene rings is 1. The third-order valence-corrected chi connectivity index (χ3v) is 7.42. The molecule has 0 aromatic heterocycles. The highest BCUT2D eigenvalue weighted by atomic mass is 32.2. The fourth-order valence-electron chi connectivity index (χ4n) is 2.91. The van der Waals surface area contributed by atoms with Crippen molar-refractivity contribution in [2.24, 2.45) is 0 Å². The number of carbonyl (C=O) groups excluding carboxylic acids is 1. The predicted octanol–water partition coefficient (Wildman–Crippen LogP) is 2.68. The molecule has 1 aromatic carbocycles. The van der Waals surface area contributed by atoms with Crippen LogP contribution >= 0.6 is 11.8 Å². The van der Waals surface area contributed by atoms with E-state index < -0.39 is 10.0 Å². The number of anilines is 1. The van der Waals surface area contributed by atoms with E-state index in [0.29, 0.717) is 12.2 Å².